The topological polar surface area (TPSA) is 85.8 Å². The Kier molecular flexibility index (Phi) is 4.95. The summed E-state index contributed by atoms with van der Waals surface area (Å²) in [5, 5.41) is 11.6. The molecule has 1 amide bonds. The van der Waals surface area contributed by atoms with Gasteiger partial charge in [0.05, 0.1) is 11.6 Å². The molecule has 0 bridgehead atoms. The average Bonchev–Trinajstić information content (AvgIpc) is 3.16. The van der Waals surface area contributed by atoms with Crippen LogP contribution in [0.25, 0.3) is 0 Å². The number of carbonyl (C=O) groups excluding carboxylic acids is 2. The number of ketones is 1. The van der Waals surface area contributed by atoms with Crippen LogP contribution in [0.1, 0.15) is 43.1 Å². The summed E-state index contributed by atoms with van der Waals surface area (Å²) in [6.45, 7) is 2.26. The van der Waals surface area contributed by atoms with E-state index in [2.05, 4.69) is 16.4 Å². The minimum Gasteiger partial charge on any atom is -0.356 e. The predicted octanol–water partition coefficient (Wildman–Crippen LogP) is 3.36. The van der Waals surface area contributed by atoms with Gasteiger partial charge in [0.1, 0.15) is 5.69 Å². The van der Waals surface area contributed by atoms with E-state index in [9.17, 15) is 9.59 Å². The second-order valence-corrected chi connectivity index (χ2v) is 5.99. The Bertz CT molecular complexity index is 995. The van der Waals surface area contributed by atoms with Crippen LogP contribution >= 0.6 is 0 Å². The molecule has 0 radical (unpaired) electrons. The molecule has 3 aromatic rings. The monoisotopic (exact) mass is 343 g/mol. The summed E-state index contributed by atoms with van der Waals surface area (Å²) in [7, 11) is 0. The van der Waals surface area contributed by atoms with E-state index in [0.717, 1.165) is 11.1 Å². The van der Waals surface area contributed by atoms with Crippen molar-refractivity contribution in [1.82, 2.24) is 10.3 Å². The summed E-state index contributed by atoms with van der Waals surface area (Å²) in [4.78, 5) is 27.6. The minimum atomic E-state index is -0.294. The molecule has 1 aromatic heterocycles. The number of rotatable bonds is 5. The molecule has 26 heavy (non-hydrogen) atoms. The zero-order chi connectivity index (χ0) is 18.5. The first-order chi connectivity index (χ1) is 12.6. The van der Waals surface area contributed by atoms with E-state index in [-0.39, 0.29) is 11.7 Å². The molecule has 0 saturated heterocycles. The first-order valence-electron chi connectivity index (χ1n) is 8.14. The van der Waals surface area contributed by atoms with E-state index in [1.165, 1.54) is 0 Å². The molecule has 0 saturated carbocycles. The van der Waals surface area contributed by atoms with Gasteiger partial charge in [-0.1, -0.05) is 35.9 Å². The Morgan fingerprint density at radius 2 is 1.85 bits per heavy atom. The Labute approximate surface area is 151 Å². The number of nitriles is 1. The zero-order valence-electron chi connectivity index (χ0n) is 14.2. The third-order valence-corrected chi connectivity index (χ3v) is 4.01. The molecule has 0 unspecified atom stereocenters. The molecule has 0 atom stereocenters. The van der Waals surface area contributed by atoms with Gasteiger partial charge in [-0.2, -0.15) is 5.26 Å². The lowest BCUT2D eigenvalue weighted by Crippen LogP contribution is -2.23. The fourth-order valence-electron chi connectivity index (χ4n) is 2.58. The maximum absolute atomic E-state index is 12.5. The van der Waals surface area contributed by atoms with Crippen molar-refractivity contribution in [3.63, 3.8) is 0 Å². The SMILES string of the molecule is Cc1cccc(C(=O)c2c[nH]c(C(=O)NCc3ccc(C#N)cc3)c2)c1. The minimum absolute atomic E-state index is 0.129. The summed E-state index contributed by atoms with van der Waals surface area (Å²) in [5.74, 6) is -0.422. The van der Waals surface area contributed by atoms with Crippen molar-refractivity contribution in [2.75, 3.05) is 0 Å². The number of aromatic nitrogens is 1. The number of aryl methyl sites for hydroxylation is 1. The van der Waals surface area contributed by atoms with Gasteiger partial charge in [-0.15, -0.1) is 0 Å². The molecular formula is C21H17N3O2. The molecule has 2 N–H and O–H groups in total. The van der Waals surface area contributed by atoms with Crippen LogP contribution in [0.4, 0.5) is 0 Å². The average molecular weight is 343 g/mol. The third-order valence-electron chi connectivity index (χ3n) is 4.01. The number of H-pyrrole nitrogens is 1. The van der Waals surface area contributed by atoms with Crippen LogP contribution in [0.15, 0.2) is 60.8 Å². The summed E-state index contributed by atoms with van der Waals surface area (Å²) >= 11 is 0. The standard InChI is InChI=1S/C21H17N3O2/c1-14-3-2-4-17(9-14)20(25)18-10-19(23-13-18)21(26)24-12-16-7-5-15(11-22)6-8-16/h2-10,13,23H,12H2,1H3,(H,24,26). The molecule has 128 valence electrons. The number of carbonyl (C=O) groups is 2. The molecule has 5 heteroatoms. The number of aromatic amines is 1. The number of amides is 1. The highest BCUT2D eigenvalue weighted by atomic mass is 16.2. The zero-order valence-corrected chi connectivity index (χ0v) is 14.2. The fraction of sp³-hybridized carbons (Fsp3) is 0.0952. The van der Waals surface area contributed by atoms with E-state index >= 15 is 0 Å². The number of benzene rings is 2. The van der Waals surface area contributed by atoms with Gasteiger partial charge in [-0.25, -0.2) is 0 Å². The van der Waals surface area contributed by atoms with Gasteiger partial charge in [-0.05, 0) is 36.8 Å². The normalized spacial score (nSPS) is 10.2. The van der Waals surface area contributed by atoms with Crippen LogP contribution in [0.3, 0.4) is 0 Å². The van der Waals surface area contributed by atoms with Crippen molar-refractivity contribution in [1.29, 1.82) is 5.26 Å². The van der Waals surface area contributed by atoms with Gasteiger partial charge in [0.25, 0.3) is 5.91 Å². The smallest absolute Gasteiger partial charge is 0.267 e. The summed E-state index contributed by atoms with van der Waals surface area (Å²) < 4.78 is 0. The molecule has 1 heterocycles. The predicted molar refractivity (Wildman–Crippen MR) is 97.7 cm³/mol. The number of hydrogen-bond donors (Lipinski definition) is 2. The van der Waals surface area contributed by atoms with Crippen molar-refractivity contribution < 1.29 is 9.59 Å². The van der Waals surface area contributed by atoms with Crippen molar-refractivity contribution in [3.05, 3.63) is 94.3 Å². The van der Waals surface area contributed by atoms with Gasteiger partial charge in [0, 0.05) is 23.9 Å². The van der Waals surface area contributed by atoms with Crippen molar-refractivity contribution in [3.8, 4) is 6.07 Å². The molecule has 0 fully saturated rings. The molecule has 5 nitrogen and oxygen atoms in total. The van der Waals surface area contributed by atoms with E-state index in [1.54, 1.807) is 42.6 Å². The molecule has 0 aliphatic rings. The lowest BCUT2D eigenvalue weighted by molar-refractivity contribution is 0.0946. The number of hydrogen-bond acceptors (Lipinski definition) is 3. The molecule has 2 aromatic carbocycles. The highest BCUT2D eigenvalue weighted by molar-refractivity contribution is 6.10. The number of nitrogens with zero attached hydrogens (tertiary/aromatic N) is 1. The molecule has 0 aliphatic heterocycles. The van der Waals surface area contributed by atoms with Crippen molar-refractivity contribution in [2.45, 2.75) is 13.5 Å². The van der Waals surface area contributed by atoms with Crippen molar-refractivity contribution >= 4 is 11.7 Å². The lowest BCUT2D eigenvalue weighted by Gasteiger charge is -2.04. The second-order valence-electron chi connectivity index (χ2n) is 5.99. The summed E-state index contributed by atoms with van der Waals surface area (Å²) in [5.41, 5.74) is 3.83. The summed E-state index contributed by atoms with van der Waals surface area (Å²) in [6, 6.07) is 17.9. The van der Waals surface area contributed by atoms with Gasteiger partial charge in [-0.3, -0.25) is 9.59 Å². The van der Waals surface area contributed by atoms with Crippen LogP contribution in [0, 0.1) is 18.3 Å². The quantitative estimate of drug-likeness (QED) is 0.697. The van der Waals surface area contributed by atoms with Crippen molar-refractivity contribution in [2.24, 2.45) is 0 Å². The first kappa shape index (κ1) is 17.2. The molecule has 3 rings (SSSR count). The van der Waals surface area contributed by atoms with Gasteiger partial charge in [0.2, 0.25) is 0 Å². The highest BCUT2D eigenvalue weighted by Crippen LogP contribution is 2.13. The van der Waals surface area contributed by atoms with Crippen LogP contribution in [0.2, 0.25) is 0 Å². The molecule has 0 aliphatic carbocycles. The van der Waals surface area contributed by atoms with E-state index in [4.69, 9.17) is 5.26 Å². The Morgan fingerprint density at radius 3 is 2.54 bits per heavy atom. The van der Waals surface area contributed by atoms with Gasteiger partial charge in [0.15, 0.2) is 5.78 Å². The lowest BCUT2D eigenvalue weighted by atomic mass is 10.0. The second kappa shape index (κ2) is 7.49. The van der Waals surface area contributed by atoms with Gasteiger partial charge < -0.3 is 10.3 Å². The maximum atomic E-state index is 12.5. The van der Waals surface area contributed by atoms with E-state index in [1.807, 2.05) is 25.1 Å². The van der Waals surface area contributed by atoms with Crippen LogP contribution in [-0.2, 0) is 6.54 Å². The van der Waals surface area contributed by atoms with Crippen LogP contribution in [-0.4, -0.2) is 16.7 Å². The Balaban J connectivity index is 1.66. The van der Waals surface area contributed by atoms with E-state index < -0.39 is 0 Å². The Morgan fingerprint density at radius 1 is 1.08 bits per heavy atom. The Hall–Kier alpha value is -3.65. The molecular weight excluding hydrogens is 326 g/mol. The fourth-order valence-corrected chi connectivity index (χ4v) is 2.58. The maximum Gasteiger partial charge on any atom is 0.267 e. The number of nitrogens with one attached hydrogen (secondary N) is 2. The largest absolute Gasteiger partial charge is 0.356 e. The van der Waals surface area contributed by atoms with Gasteiger partial charge >= 0.3 is 0 Å². The summed E-state index contributed by atoms with van der Waals surface area (Å²) in [6.07, 6.45) is 1.54. The van der Waals surface area contributed by atoms with E-state index in [0.29, 0.717) is 28.9 Å². The molecule has 0 spiro atoms. The first-order valence-corrected chi connectivity index (χ1v) is 8.14. The third kappa shape index (κ3) is 3.87. The van der Waals surface area contributed by atoms with Crippen LogP contribution < -0.4 is 5.32 Å². The van der Waals surface area contributed by atoms with Crippen LogP contribution in [0.5, 0.6) is 0 Å². The highest BCUT2D eigenvalue weighted by Gasteiger charge is 2.14.